The first kappa shape index (κ1) is 14.3. The lowest BCUT2D eigenvalue weighted by atomic mass is 10.2. The number of nitrogens with two attached hydrogens (primary N) is 2. The van der Waals surface area contributed by atoms with E-state index in [4.69, 9.17) is 11.6 Å². The van der Waals surface area contributed by atoms with Gasteiger partial charge in [-0.05, 0) is 31.4 Å². The number of nitrogen functional groups attached to an aromatic ring is 1. The third-order valence-electron chi connectivity index (χ3n) is 4.66. The highest BCUT2D eigenvalue weighted by molar-refractivity contribution is 5.83. The molecule has 4 rings (SSSR count). The van der Waals surface area contributed by atoms with Crippen molar-refractivity contribution in [1.29, 1.82) is 0 Å². The fourth-order valence-electron chi connectivity index (χ4n) is 3.29. The molecule has 1 aromatic heterocycles. The van der Waals surface area contributed by atoms with E-state index < -0.39 is 17.1 Å². The van der Waals surface area contributed by atoms with Crippen molar-refractivity contribution in [2.45, 2.75) is 31.3 Å². The number of aromatic nitrogens is 2. The molecule has 122 valence electrons. The Morgan fingerprint density at radius 1 is 1.17 bits per heavy atom. The molecule has 7 nitrogen and oxygen atoms in total. The average Bonchev–Trinajstić information content (AvgIpc) is 3.26. The van der Waals surface area contributed by atoms with Gasteiger partial charge in [0, 0.05) is 25.2 Å². The van der Waals surface area contributed by atoms with Gasteiger partial charge >= 0.3 is 5.69 Å². The predicted molar refractivity (Wildman–Crippen MR) is 85.7 cm³/mol. The molecule has 2 aliphatic rings. The Morgan fingerprint density at radius 2 is 1.91 bits per heavy atom. The number of halogens is 1. The number of fused-ring (bicyclic) bond motifs is 1. The zero-order valence-corrected chi connectivity index (χ0v) is 12.5. The number of nitrogens with zero attached hydrogens (tertiary/aromatic N) is 3. The maximum atomic E-state index is 14.5. The minimum Gasteiger partial charge on any atom is -0.367 e. The first-order chi connectivity index (χ1) is 11.0. The third-order valence-corrected chi connectivity index (χ3v) is 4.66. The summed E-state index contributed by atoms with van der Waals surface area (Å²) < 4.78 is 16.6. The first-order valence-corrected chi connectivity index (χ1v) is 7.74. The van der Waals surface area contributed by atoms with Crippen molar-refractivity contribution in [1.82, 2.24) is 9.24 Å². The summed E-state index contributed by atoms with van der Waals surface area (Å²) in [7, 11) is 0. The highest BCUT2D eigenvalue weighted by Crippen LogP contribution is 2.36. The fraction of sp³-hybridized carbons (Fsp3) is 0.467. The lowest BCUT2D eigenvalue weighted by molar-refractivity contribution is 0.620. The molecule has 23 heavy (non-hydrogen) atoms. The largest absolute Gasteiger partial charge is 0.367 e. The summed E-state index contributed by atoms with van der Waals surface area (Å²) in [5.74, 6) is 5.07. The van der Waals surface area contributed by atoms with Crippen molar-refractivity contribution >= 4 is 16.6 Å². The topological polar surface area (TPSA) is 99.3 Å². The number of rotatable bonds is 2. The highest BCUT2D eigenvalue weighted by atomic mass is 19.1. The van der Waals surface area contributed by atoms with E-state index in [2.05, 4.69) is 0 Å². The van der Waals surface area contributed by atoms with Crippen LogP contribution in [0.25, 0.3) is 10.9 Å². The average molecular weight is 319 g/mol. The first-order valence-electron chi connectivity index (χ1n) is 7.74. The second-order valence-electron chi connectivity index (χ2n) is 6.37. The van der Waals surface area contributed by atoms with Crippen LogP contribution in [0.4, 0.5) is 10.1 Å². The van der Waals surface area contributed by atoms with Gasteiger partial charge in [0.05, 0.1) is 16.6 Å². The Balaban J connectivity index is 2.00. The Morgan fingerprint density at radius 3 is 2.52 bits per heavy atom. The molecule has 0 spiro atoms. The van der Waals surface area contributed by atoms with Crippen molar-refractivity contribution in [3.8, 4) is 0 Å². The van der Waals surface area contributed by atoms with E-state index in [0.29, 0.717) is 29.0 Å². The van der Waals surface area contributed by atoms with Crippen LogP contribution in [0.3, 0.4) is 0 Å². The standard InChI is InChI=1S/C15H18FN5O2/c16-11-5-10-12(6-13(11)19-4-3-8(17)7-19)20(9-1-2-9)15(23)21(18)14(10)22/h5-6,8-9H,1-4,7,17-18H2/t8-/m0/s1. The molecule has 0 amide bonds. The number of benzene rings is 1. The number of hydrogen-bond acceptors (Lipinski definition) is 5. The number of hydrogen-bond donors (Lipinski definition) is 2. The molecule has 4 N–H and O–H groups in total. The summed E-state index contributed by atoms with van der Waals surface area (Å²) in [5, 5.41) is 0.128. The zero-order valence-electron chi connectivity index (χ0n) is 12.5. The summed E-state index contributed by atoms with van der Waals surface area (Å²) >= 11 is 0. The summed E-state index contributed by atoms with van der Waals surface area (Å²) in [6, 6.07) is 2.80. The molecule has 1 atom stereocenters. The maximum absolute atomic E-state index is 14.5. The Kier molecular flexibility index (Phi) is 2.99. The molecule has 2 aromatic rings. The van der Waals surface area contributed by atoms with Crippen LogP contribution >= 0.6 is 0 Å². The van der Waals surface area contributed by atoms with Crippen molar-refractivity contribution in [2.75, 3.05) is 23.8 Å². The lowest BCUT2D eigenvalue weighted by Crippen LogP contribution is -2.44. The molecule has 2 heterocycles. The molecule has 0 bridgehead atoms. The minimum absolute atomic E-state index is 0.00719. The van der Waals surface area contributed by atoms with E-state index >= 15 is 0 Å². The molecule has 0 unspecified atom stereocenters. The van der Waals surface area contributed by atoms with E-state index in [1.807, 2.05) is 4.90 Å². The molecular weight excluding hydrogens is 301 g/mol. The van der Waals surface area contributed by atoms with E-state index in [1.165, 1.54) is 10.6 Å². The minimum atomic E-state index is -0.675. The molecule has 1 aliphatic heterocycles. The summed E-state index contributed by atoms with van der Waals surface area (Å²) in [6.07, 6.45) is 2.50. The van der Waals surface area contributed by atoms with Gasteiger partial charge in [0.2, 0.25) is 0 Å². The second kappa shape index (κ2) is 4.82. The monoisotopic (exact) mass is 319 g/mol. The Bertz CT molecular complexity index is 915. The van der Waals surface area contributed by atoms with Crippen LogP contribution < -0.4 is 27.7 Å². The Labute approximate surface area is 130 Å². The molecule has 1 aliphatic carbocycles. The van der Waals surface area contributed by atoms with Crippen LogP contribution in [0.2, 0.25) is 0 Å². The van der Waals surface area contributed by atoms with Crippen LogP contribution in [0.1, 0.15) is 25.3 Å². The van der Waals surface area contributed by atoms with Gasteiger partial charge in [0.15, 0.2) is 0 Å². The Hall–Kier alpha value is -2.35. The van der Waals surface area contributed by atoms with Crippen molar-refractivity contribution in [3.63, 3.8) is 0 Å². The maximum Gasteiger partial charge on any atom is 0.350 e. The molecule has 1 saturated heterocycles. The molecule has 0 radical (unpaired) electrons. The highest BCUT2D eigenvalue weighted by Gasteiger charge is 2.30. The molecule has 1 aromatic carbocycles. The van der Waals surface area contributed by atoms with Crippen molar-refractivity contribution in [2.24, 2.45) is 5.73 Å². The summed E-state index contributed by atoms with van der Waals surface area (Å²) in [4.78, 5) is 26.4. The smallest absolute Gasteiger partial charge is 0.350 e. The fourth-order valence-corrected chi connectivity index (χ4v) is 3.29. The molecule has 1 saturated carbocycles. The van der Waals surface area contributed by atoms with Gasteiger partial charge in [0.1, 0.15) is 5.82 Å². The lowest BCUT2D eigenvalue weighted by Gasteiger charge is -2.20. The van der Waals surface area contributed by atoms with Crippen LogP contribution in [0, 0.1) is 5.82 Å². The van der Waals surface area contributed by atoms with E-state index in [0.717, 1.165) is 19.3 Å². The van der Waals surface area contributed by atoms with Gasteiger partial charge in [-0.1, -0.05) is 0 Å². The SMILES string of the molecule is N[C@H]1CCN(c2cc3c(cc2F)c(=O)n(N)c(=O)n3C2CC2)C1. The van der Waals surface area contributed by atoms with E-state index in [-0.39, 0.29) is 17.5 Å². The van der Waals surface area contributed by atoms with Gasteiger partial charge in [0.25, 0.3) is 5.56 Å². The van der Waals surface area contributed by atoms with Crippen molar-refractivity contribution in [3.05, 3.63) is 38.8 Å². The van der Waals surface area contributed by atoms with Gasteiger partial charge in [-0.3, -0.25) is 9.36 Å². The predicted octanol–water partition coefficient (Wildman–Crippen LogP) is -0.112. The second-order valence-corrected chi connectivity index (χ2v) is 6.37. The summed E-state index contributed by atoms with van der Waals surface area (Å²) in [5.41, 5.74) is 5.49. The third kappa shape index (κ3) is 2.13. The quantitative estimate of drug-likeness (QED) is 0.752. The molecule has 2 fully saturated rings. The van der Waals surface area contributed by atoms with E-state index in [1.54, 1.807) is 6.07 Å². The van der Waals surface area contributed by atoms with Gasteiger partial charge in [-0.25, -0.2) is 9.18 Å². The number of anilines is 1. The van der Waals surface area contributed by atoms with Crippen molar-refractivity contribution < 1.29 is 4.39 Å². The van der Waals surface area contributed by atoms with Crippen LogP contribution in [-0.2, 0) is 0 Å². The normalized spacial score (nSPS) is 21.3. The summed E-state index contributed by atoms with van der Waals surface area (Å²) in [6.45, 7) is 1.22. The van der Waals surface area contributed by atoms with Gasteiger partial charge in [-0.15, -0.1) is 0 Å². The zero-order chi connectivity index (χ0) is 16.3. The molecular formula is C15H18FN5O2. The van der Waals surface area contributed by atoms with Gasteiger partial charge in [-0.2, -0.15) is 4.68 Å². The van der Waals surface area contributed by atoms with Gasteiger partial charge < -0.3 is 16.5 Å². The van der Waals surface area contributed by atoms with Crippen LogP contribution in [-0.4, -0.2) is 28.4 Å². The van der Waals surface area contributed by atoms with Crippen LogP contribution in [0.15, 0.2) is 21.7 Å². The molecule has 8 heteroatoms. The van der Waals surface area contributed by atoms with Crippen LogP contribution in [0.5, 0.6) is 0 Å². The van der Waals surface area contributed by atoms with E-state index in [9.17, 15) is 14.0 Å².